The Kier molecular flexibility index (Phi) is 11.9. The van der Waals surface area contributed by atoms with Crippen LogP contribution in [-0.2, 0) is 16.2 Å². The van der Waals surface area contributed by atoms with Crippen molar-refractivity contribution in [1.29, 1.82) is 0 Å². The highest BCUT2D eigenvalue weighted by atomic mass is 15.2. The van der Waals surface area contributed by atoms with Crippen LogP contribution < -0.4 is 31.1 Å². The Balaban J connectivity index is 0.991. The van der Waals surface area contributed by atoms with E-state index in [9.17, 15) is 0 Å². The van der Waals surface area contributed by atoms with Crippen LogP contribution in [0.1, 0.15) is 110 Å². The number of aromatic nitrogens is 1. The number of fused-ring (bicyclic) bond motifs is 9. The maximum Gasteiger partial charge on any atom is 0.252 e. The summed E-state index contributed by atoms with van der Waals surface area (Å²) in [4.78, 5) is 8.43. The lowest BCUT2D eigenvalue weighted by atomic mass is 9.33. The van der Waals surface area contributed by atoms with Crippen LogP contribution in [0.5, 0.6) is 0 Å². The highest BCUT2D eigenvalue weighted by Gasteiger charge is 2.50. The minimum absolute atomic E-state index is 0.0230. The van der Waals surface area contributed by atoms with E-state index in [-0.39, 0.29) is 17.5 Å². The predicted molar refractivity (Wildman–Crippen MR) is 386 cm³/mol. The van der Waals surface area contributed by atoms with Gasteiger partial charge in [0.1, 0.15) is 0 Å². The molecule has 7 heterocycles. The second kappa shape index (κ2) is 19.8. The molecule has 2 aliphatic carbocycles. The van der Waals surface area contributed by atoms with Gasteiger partial charge in [-0.05, 0) is 176 Å². The van der Waals surface area contributed by atoms with Crippen molar-refractivity contribution in [3.63, 3.8) is 0 Å². The summed E-state index contributed by atoms with van der Waals surface area (Å²) in [5, 5.41) is 2.58. The smallest absolute Gasteiger partial charge is 0.252 e. The third-order valence-corrected chi connectivity index (χ3v) is 22.4. The maximum absolute atomic E-state index is 2.91. The van der Waals surface area contributed by atoms with Crippen molar-refractivity contribution < 1.29 is 0 Å². The first-order valence-corrected chi connectivity index (χ1v) is 33.6. The van der Waals surface area contributed by atoms with Gasteiger partial charge in [0.2, 0.25) is 0 Å². The molecular weight excluding hydrogens is 1100 g/mol. The lowest BCUT2D eigenvalue weighted by Crippen LogP contribution is -2.62. The first kappa shape index (κ1) is 54.6. The molecule has 4 fully saturated rings. The molecule has 0 N–H and O–H groups in total. The van der Waals surface area contributed by atoms with Crippen LogP contribution in [0.2, 0.25) is 0 Å². The van der Waals surface area contributed by atoms with Crippen LogP contribution in [-0.4, -0.2) is 23.4 Å². The number of para-hydroxylation sites is 2. The van der Waals surface area contributed by atoms with Crippen molar-refractivity contribution in [3.8, 4) is 50.2 Å². The van der Waals surface area contributed by atoms with E-state index < -0.39 is 5.41 Å². The molecule has 0 radical (unpaired) electrons. The molecule has 8 aliphatic rings. The molecule has 12 aromatic rings. The lowest BCUT2D eigenvalue weighted by molar-refractivity contribution is 0.0900. The molecule has 444 valence electrons. The van der Waals surface area contributed by atoms with Crippen molar-refractivity contribution in [2.24, 2.45) is 11.8 Å². The summed E-state index contributed by atoms with van der Waals surface area (Å²) in [6.07, 6.45) is 6.65. The van der Waals surface area contributed by atoms with Crippen LogP contribution in [0.15, 0.2) is 237 Å². The van der Waals surface area contributed by atoms with Gasteiger partial charge in [-0.1, -0.05) is 231 Å². The Morgan fingerprint density at radius 3 is 1.23 bits per heavy atom. The number of hydrogen-bond acceptors (Lipinski definition) is 3. The third kappa shape index (κ3) is 8.34. The predicted octanol–water partition coefficient (Wildman–Crippen LogP) is 20.5. The van der Waals surface area contributed by atoms with Crippen molar-refractivity contribution in [1.82, 2.24) is 4.57 Å². The van der Waals surface area contributed by atoms with E-state index in [1.54, 1.807) is 0 Å². The fourth-order valence-electron chi connectivity index (χ4n) is 17.9. The van der Waals surface area contributed by atoms with Crippen LogP contribution >= 0.6 is 0 Å². The number of rotatable bonds is 6. The van der Waals surface area contributed by atoms with Gasteiger partial charge in [-0.2, -0.15) is 0 Å². The van der Waals surface area contributed by atoms with E-state index >= 15 is 0 Å². The van der Waals surface area contributed by atoms with Gasteiger partial charge in [-0.25, -0.2) is 0 Å². The molecule has 91 heavy (non-hydrogen) atoms. The molecule has 0 unspecified atom stereocenters. The second-order valence-electron chi connectivity index (χ2n) is 30.1. The van der Waals surface area contributed by atoms with Crippen molar-refractivity contribution in [2.45, 2.75) is 116 Å². The summed E-state index contributed by atoms with van der Waals surface area (Å²) in [5.41, 5.74) is 30.6. The number of benzene rings is 11. The van der Waals surface area contributed by atoms with E-state index in [0.29, 0.717) is 12.1 Å². The summed E-state index contributed by atoms with van der Waals surface area (Å²) in [6, 6.07) is 93.5. The average molecular weight is 1180 g/mol. The molecule has 0 amide bonds. The van der Waals surface area contributed by atoms with E-state index in [4.69, 9.17) is 0 Å². The minimum Gasteiger partial charge on any atom is -0.365 e. The Labute approximate surface area is 537 Å². The number of anilines is 7. The molecule has 4 nitrogen and oxygen atoms in total. The summed E-state index contributed by atoms with van der Waals surface area (Å²) < 4.78 is 2.58. The normalized spacial score (nSPS) is 19.0. The topological polar surface area (TPSA) is 14.7 Å². The number of piperidine rings is 2. The lowest BCUT2D eigenvalue weighted by Gasteiger charge is -2.57. The van der Waals surface area contributed by atoms with E-state index in [0.717, 1.165) is 17.5 Å². The molecule has 8 bridgehead atoms. The van der Waals surface area contributed by atoms with Gasteiger partial charge in [0.25, 0.3) is 6.71 Å². The van der Waals surface area contributed by atoms with Gasteiger partial charge >= 0.3 is 0 Å². The molecule has 5 heteroatoms. The summed E-state index contributed by atoms with van der Waals surface area (Å²) in [7, 11) is 0. The first-order valence-electron chi connectivity index (χ1n) is 33.6. The molecule has 1 aromatic heterocycles. The Morgan fingerprint density at radius 2 is 0.791 bits per heavy atom. The Bertz CT molecular complexity index is 4790. The average Bonchev–Trinajstić information content (AvgIpc) is 1.12. The van der Waals surface area contributed by atoms with E-state index in [1.807, 2.05) is 0 Å². The highest BCUT2D eigenvalue weighted by Crippen LogP contribution is 2.57. The fraction of sp³-hybridized carbons (Fsp3) is 0.233. The van der Waals surface area contributed by atoms with E-state index in [1.165, 1.54) is 177 Å². The third-order valence-electron chi connectivity index (χ3n) is 22.4. The van der Waals surface area contributed by atoms with Gasteiger partial charge < -0.3 is 19.3 Å². The summed E-state index contributed by atoms with van der Waals surface area (Å²) in [5.74, 6) is 1.71. The molecule has 11 aromatic carbocycles. The van der Waals surface area contributed by atoms with Crippen LogP contribution in [0, 0.1) is 11.8 Å². The van der Waals surface area contributed by atoms with Gasteiger partial charge in [0, 0.05) is 84.6 Å². The fourth-order valence-corrected chi connectivity index (χ4v) is 17.9. The zero-order valence-corrected chi connectivity index (χ0v) is 53.7. The van der Waals surface area contributed by atoms with Crippen LogP contribution in [0.25, 0.3) is 72.0 Å². The first-order chi connectivity index (χ1) is 44.1. The van der Waals surface area contributed by atoms with Gasteiger partial charge in [-0.15, -0.1) is 0 Å². The molecular formula is C86H77BN4. The monoisotopic (exact) mass is 1180 g/mol. The zero-order chi connectivity index (χ0) is 61.4. The Hall–Kier alpha value is -9.32. The molecule has 20 rings (SSSR count). The summed E-state index contributed by atoms with van der Waals surface area (Å²) >= 11 is 0. The van der Waals surface area contributed by atoms with Crippen LogP contribution in [0.3, 0.4) is 0 Å². The standard InChI is InChI=1S/C86H77BN4/c1-84(2,3)60-34-40-75-71(47-60)72-48-61(85(4,5)6)35-41-76(72)89(75)64-37-39-74-78(52-64)91(82-67(55-20-12-9-13-21-55)26-18-27-68(82)56-22-14-10-15-23-56)80-50-62-49-79-81(80)87(74)73-38-36-63(88-65-43-53-42-54(45-65)46-66(88)44-53)51-77(73)90(79)83-69(57-24-16-11-17-25-57)28-19-29-70(83)58-30-32-59(33-31-58)86(62,7)8/h9-41,47-54,65-66H,42-46H2,1-8H3. The van der Waals surface area contributed by atoms with Crippen LogP contribution in [0.4, 0.5) is 39.8 Å². The quantitative estimate of drug-likeness (QED) is 0.154. The number of hydrogen-bond donors (Lipinski definition) is 0. The van der Waals surface area contributed by atoms with Gasteiger partial charge in [0.15, 0.2) is 0 Å². The van der Waals surface area contributed by atoms with Gasteiger partial charge in [0.05, 0.1) is 22.4 Å². The molecule has 0 spiro atoms. The maximum atomic E-state index is 2.91. The largest absolute Gasteiger partial charge is 0.365 e. The van der Waals surface area contributed by atoms with Crippen molar-refractivity contribution >= 4 is 84.7 Å². The summed E-state index contributed by atoms with van der Waals surface area (Å²) in [6.45, 7) is 18.8. The number of nitrogens with zero attached hydrogens (tertiary/aromatic N) is 4. The van der Waals surface area contributed by atoms with E-state index in [2.05, 4.69) is 311 Å². The molecule has 6 aliphatic heterocycles. The van der Waals surface area contributed by atoms with Gasteiger partial charge in [-0.3, -0.25) is 0 Å². The molecule has 2 saturated heterocycles. The highest BCUT2D eigenvalue weighted by molar-refractivity contribution is 7.00. The Morgan fingerprint density at radius 1 is 0.374 bits per heavy atom. The second-order valence-corrected chi connectivity index (χ2v) is 30.1. The zero-order valence-electron chi connectivity index (χ0n) is 53.7. The van der Waals surface area contributed by atoms with Crippen molar-refractivity contribution in [3.05, 3.63) is 259 Å². The minimum atomic E-state index is -0.409. The van der Waals surface area contributed by atoms with Crippen molar-refractivity contribution in [2.75, 3.05) is 14.7 Å². The molecule has 2 saturated carbocycles. The molecule has 0 atom stereocenters. The SMILES string of the molecule is CC(C)(C)c1ccc2c(c1)c1cc(C(C)(C)C)ccc1n2-c1ccc2c(c1)N(c1c(-c3ccccc3)cccc1-c1ccccc1)c1cc3cc4c1B2c1ccc(N2C5CC6CC(C5)CC2C6)cc1N4c1c(-c2ccccc2)cccc1-c1ccc(cc1)C3(C)C.